The third kappa shape index (κ3) is 1.90. The lowest BCUT2D eigenvalue weighted by Gasteiger charge is -2.16. The standard InChI is InChI=1S/C12H17NO/c1-2-13-12(10-6-3-4-7-10)11-8-5-9-14-11/h5-6,8-9,12-13H,2-4,7H2,1H3. The first-order chi connectivity index (χ1) is 6.92. The van der Waals surface area contributed by atoms with Gasteiger partial charge in [0, 0.05) is 0 Å². The third-order valence-corrected chi connectivity index (χ3v) is 2.68. The second-order valence-electron chi connectivity index (χ2n) is 3.68. The Kier molecular flexibility index (Phi) is 3.04. The summed E-state index contributed by atoms with van der Waals surface area (Å²) in [6, 6.07) is 4.30. The number of hydrogen-bond donors (Lipinski definition) is 1. The first-order valence-corrected chi connectivity index (χ1v) is 5.37. The smallest absolute Gasteiger partial charge is 0.124 e. The van der Waals surface area contributed by atoms with Crippen molar-refractivity contribution in [1.29, 1.82) is 0 Å². The summed E-state index contributed by atoms with van der Waals surface area (Å²) < 4.78 is 5.46. The SMILES string of the molecule is CCNC(C1=CCCC1)c1ccco1. The van der Waals surface area contributed by atoms with Crippen LogP contribution in [0.2, 0.25) is 0 Å². The van der Waals surface area contributed by atoms with Gasteiger partial charge in [0.2, 0.25) is 0 Å². The van der Waals surface area contributed by atoms with Crippen molar-refractivity contribution in [2.45, 2.75) is 32.2 Å². The number of allylic oxidation sites excluding steroid dienone is 1. The second kappa shape index (κ2) is 4.47. The molecule has 0 fully saturated rings. The van der Waals surface area contributed by atoms with Gasteiger partial charge in [0.05, 0.1) is 12.3 Å². The van der Waals surface area contributed by atoms with E-state index in [2.05, 4.69) is 18.3 Å². The summed E-state index contributed by atoms with van der Waals surface area (Å²) in [6.45, 7) is 3.11. The zero-order valence-electron chi connectivity index (χ0n) is 8.62. The van der Waals surface area contributed by atoms with Gasteiger partial charge >= 0.3 is 0 Å². The topological polar surface area (TPSA) is 25.2 Å². The van der Waals surface area contributed by atoms with E-state index in [4.69, 9.17) is 4.42 Å². The van der Waals surface area contributed by atoms with Crippen LogP contribution in [-0.2, 0) is 0 Å². The third-order valence-electron chi connectivity index (χ3n) is 2.68. The minimum Gasteiger partial charge on any atom is -0.467 e. The van der Waals surface area contributed by atoms with E-state index in [0.29, 0.717) is 6.04 Å². The maximum atomic E-state index is 5.46. The van der Waals surface area contributed by atoms with Crippen LogP contribution in [0.4, 0.5) is 0 Å². The first-order valence-electron chi connectivity index (χ1n) is 5.37. The highest BCUT2D eigenvalue weighted by molar-refractivity contribution is 5.23. The lowest BCUT2D eigenvalue weighted by atomic mass is 10.0. The Hall–Kier alpha value is -1.02. The molecule has 2 rings (SSSR count). The van der Waals surface area contributed by atoms with Crippen molar-refractivity contribution in [2.24, 2.45) is 0 Å². The lowest BCUT2D eigenvalue weighted by molar-refractivity contribution is 0.444. The molecule has 1 unspecified atom stereocenters. The van der Waals surface area contributed by atoms with Gasteiger partial charge in [-0.25, -0.2) is 0 Å². The maximum Gasteiger partial charge on any atom is 0.124 e. The molecule has 1 N–H and O–H groups in total. The highest BCUT2D eigenvalue weighted by atomic mass is 16.3. The van der Waals surface area contributed by atoms with Gasteiger partial charge in [-0.15, -0.1) is 0 Å². The molecule has 76 valence electrons. The average Bonchev–Trinajstić information content (AvgIpc) is 2.87. The van der Waals surface area contributed by atoms with Crippen molar-refractivity contribution in [3.63, 3.8) is 0 Å². The molecule has 1 heterocycles. The van der Waals surface area contributed by atoms with Gasteiger partial charge in [-0.3, -0.25) is 0 Å². The monoisotopic (exact) mass is 191 g/mol. The van der Waals surface area contributed by atoms with Crippen molar-refractivity contribution < 1.29 is 4.42 Å². The van der Waals surface area contributed by atoms with Gasteiger partial charge in [-0.05, 0) is 43.5 Å². The van der Waals surface area contributed by atoms with Gasteiger partial charge in [0.1, 0.15) is 5.76 Å². The molecular formula is C12H17NO. The van der Waals surface area contributed by atoms with E-state index in [1.807, 2.05) is 12.1 Å². The van der Waals surface area contributed by atoms with Crippen molar-refractivity contribution >= 4 is 0 Å². The van der Waals surface area contributed by atoms with Crippen molar-refractivity contribution in [3.05, 3.63) is 35.8 Å². The van der Waals surface area contributed by atoms with Crippen LogP contribution < -0.4 is 5.32 Å². The molecular weight excluding hydrogens is 174 g/mol. The van der Waals surface area contributed by atoms with E-state index in [0.717, 1.165) is 12.3 Å². The van der Waals surface area contributed by atoms with E-state index in [1.54, 1.807) is 6.26 Å². The van der Waals surface area contributed by atoms with E-state index in [9.17, 15) is 0 Å². The fourth-order valence-electron chi connectivity index (χ4n) is 2.03. The number of hydrogen-bond acceptors (Lipinski definition) is 2. The van der Waals surface area contributed by atoms with Gasteiger partial charge in [0.25, 0.3) is 0 Å². The molecule has 2 nitrogen and oxygen atoms in total. The van der Waals surface area contributed by atoms with Gasteiger partial charge in [-0.2, -0.15) is 0 Å². The van der Waals surface area contributed by atoms with E-state index >= 15 is 0 Å². The Balaban J connectivity index is 2.15. The predicted octanol–water partition coefficient (Wildman–Crippen LogP) is 3.04. The lowest BCUT2D eigenvalue weighted by Crippen LogP contribution is -2.21. The van der Waals surface area contributed by atoms with Gasteiger partial charge in [0.15, 0.2) is 0 Å². The Labute approximate surface area is 85.0 Å². The maximum absolute atomic E-state index is 5.46. The van der Waals surface area contributed by atoms with Crippen molar-refractivity contribution in [2.75, 3.05) is 6.54 Å². The Morgan fingerprint density at radius 1 is 1.57 bits per heavy atom. The molecule has 1 aliphatic rings. The predicted molar refractivity (Wildman–Crippen MR) is 57.1 cm³/mol. The van der Waals surface area contributed by atoms with E-state index in [1.165, 1.54) is 24.8 Å². The van der Waals surface area contributed by atoms with Crippen LogP contribution in [0.15, 0.2) is 34.5 Å². The molecule has 1 atom stereocenters. The van der Waals surface area contributed by atoms with Gasteiger partial charge in [-0.1, -0.05) is 13.0 Å². The van der Waals surface area contributed by atoms with Crippen LogP contribution in [0.5, 0.6) is 0 Å². The van der Waals surface area contributed by atoms with E-state index < -0.39 is 0 Å². The molecule has 0 saturated heterocycles. The summed E-state index contributed by atoms with van der Waals surface area (Å²) in [5, 5.41) is 3.46. The zero-order valence-corrected chi connectivity index (χ0v) is 8.62. The minimum atomic E-state index is 0.303. The second-order valence-corrected chi connectivity index (χ2v) is 3.68. The number of nitrogens with one attached hydrogen (secondary N) is 1. The molecule has 0 amide bonds. The van der Waals surface area contributed by atoms with Crippen LogP contribution in [0, 0.1) is 0 Å². The number of rotatable bonds is 4. The largest absolute Gasteiger partial charge is 0.467 e. The quantitative estimate of drug-likeness (QED) is 0.740. The molecule has 0 radical (unpaired) electrons. The Morgan fingerprint density at radius 2 is 2.50 bits per heavy atom. The fourth-order valence-corrected chi connectivity index (χ4v) is 2.03. The van der Waals surface area contributed by atoms with Crippen molar-refractivity contribution in [1.82, 2.24) is 5.32 Å². The normalized spacial score (nSPS) is 18.2. The zero-order chi connectivity index (χ0) is 9.80. The number of likely N-dealkylation sites (N-methyl/N-ethyl adjacent to an activating group) is 1. The van der Waals surface area contributed by atoms with Crippen molar-refractivity contribution in [3.8, 4) is 0 Å². The average molecular weight is 191 g/mol. The number of furan rings is 1. The summed E-state index contributed by atoms with van der Waals surface area (Å²) in [5.74, 6) is 1.04. The summed E-state index contributed by atoms with van der Waals surface area (Å²) in [4.78, 5) is 0. The van der Waals surface area contributed by atoms with Crippen LogP contribution in [-0.4, -0.2) is 6.54 Å². The molecule has 1 aromatic rings. The molecule has 0 spiro atoms. The Morgan fingerprint density at radius 3 is 3.07 bits per heavy atom. The Bertz CT molecular complexity index is 300. The van der Waals surface area contributed by atoms with Crippen LogP contribution >= 0.6 is 0 Å². The first kappa shape index (κ1) is 9.53. The summed E-state index contributed by atoms with van der Waals surface area (Å²) in [5.41, 5.74) is 1.49. The van der Waals surface area contributed by atoms with Gasteiger partial charge < -0.3 is 9.73 Å². The minimum absolute atomic E-state index is 0.303. The molecule has 0 aromatic carbocycles. The molecule has 0 saturated carbocycles. The van der Waals surface area contributed by atoms with Crippen LogP contribution in [0.3, 0.4) is 0 Å². The summed E-state index contributed by atoms with van der Waals surface area (Å²) in [6.07, 6.45) is 7.80. The fraction of sp³-hybridized carbons (Fsp3) is 0.500. The summed E-state index contributed by atoms with van der Waals surface area (Å²) in [7, 11) is 0. The molecule has 14 heavy (non-hydrogen) atoms. The highest BCUT2D eigenvalue weighted by Gasteiger charge is 2.19. The molecule has 0 bridgehead atoms. The van der Waals surface area contributed by atoms with E-state index in [-0.39, 0.29) is 0 Å². The molecule has 0 aliphatic heterocycles. The molecule has 1 aromatic heterocycles. The molecule has 2 heteroatoms. The molecule has 1 aliphatic carbocycles. The highest BCUT2D eigenvalue weighted by Crippen LogP contribution is 2.30. The van der Waals surface area contributed by atoms with Crippen LogP contribution in [0.25, 0.3) is 0 Å². The summed E-state index contributed by atoms with van der Waals surface area (Å²) >= 11 is 0. The van der Waals surface area contributed by atoms with Crippen LogP contribution in [0.1, 0.15) is 38.0 Å².